The van der Waals surface area contributed by atoms with Crippen LogP contribution < -0.4 is 10.1 Å². The minimum absolute atomic E-state index is 0.776. The Balaban J connectivity index is 2.19. The van der Waals surface area contributed by atoms with Gasteiger partial charge in [0.25, 0.3) is 0 Å². The van der Waals surface area contributed by atoms with Gasteiger partial charge in [0, 0.05) is 13.7 Å². The summed E-state index contributed by atoms with van der Waals surface area (Å²) in [7, 11) is 1.72. The van der Waals surface area contributed by atoms with Gasteiger partial charge >= 0.3 is 0 Å². The molecule has 0 saturated heterocycles. The zero-order valence-corrected chi connectivity index (χ0v) is 12.7. The highest BCUT2D eigenvalue weighted by molar-refractivity contribution is 5.42. The van der Waals surface area contributed by atoms with Crippen molar-refractivity contribution in [3.05, 3.63) is 28.8 Å². The third kappa shape index (κ3) is 6.08. The van der Waals surface area contributed by atoms with E-state index in [1.807, 2.05) is 0 Å². The predicted molar refractivity (Wildman–Crippen MR) is 80.1 cm³/mol. The van der Waals surface area contributed by atoms with Gasteiger partial charge in [-0.3, -0.25) is 0 Å². The minimum atomic E-state index is 0.776. The average Bonchev–Trinajstić information content (AvgIpc) is 2.35. The smallest absolute Gasteiger partial charge is 0.125 e. The molecule has 0 aliphatic rings. The van der Waals surface area contributed by atoms with Crippen LogP contribution in [0.15, 0.2) is 12.1 Å². The van der Waals surface area contributed by atoms with Crippen molar-refractivity contribution in [3.63, 3.8) is 0 Å². The summed E-state index contributed by atoms with van der Waals surface area (Å²) in [5.74, 6) is 1.05. The number of hydrogen-bond acceptors (Lipinski definition) is 3. The summed E-state index contributed by atoms with van der Waals surface area (Å²) < 4.78 is 10.9. The van der Waals surface area contributed by atoms with E-state index in [1.165, 1.54) is 16.7 Å². The van der Waals surface area contributed by atoms with Gasteiger partial charge in [-0.15, -0.1) is 0 Å². The van der Waals surface area contributed by atoms with Gasteiger partial charge in [-0.05, 0) is 51.3 Å². The topological polar surface area (TPSA) is 30.5 Å². The molecule has 0 bridgehead atoms. The highest BCUT2D eigenvalue weighted by atomic mass is 16.5. The van der Waals surface area contributed by atoms with Crippen molar-refractivity contribution in [2.75, 3.05) is 33.4 Å². The van der Waals surface area contributed by atoms with Crippen molar-refractivity contribution >= 4 is 0 Å². The Labute approximate surface area is 117 Å². The first-order valence-corrected chi connectivity index (χ1v) is 7.05. The summed E-state index contributed by atoms with van der Waals surface area (Å²) in [6, 6.07) is 4.35. The van der Waals surface area contributed by atoms with E-state index in [9.17, 15) is 0 Å². The van der Waals surface area contributed by atoms with Gasteiger partial charge in [-0.2, -0.15) is 0 Å². The fraction of sp³-hybridized carbons (Fsp3) is 0.625. The van der Waals surface area contributed by atoms with Gasteiger partial charge in [0.15, 0.2) is 0 Å². The largest absolute Gasteiger partial charge is 0.493 e. The van der Waals surface area contributed by atoms with Crippen LogP contribution in [0.3, 0.4) is 0 Å². The first kappa shape index (κ1) is 16.0. The van der Waals surface area contributed by atoms with Crippen molar-refractivity contribution < 1.29 is 9.47 Å². The van der Waals surface area contributed by atoms with Gasteiger partial charge in [0.2, 0.25) is 0 Å². The highest BCUT2D eigenvalue weighted by Gasteiger charge is 2.04. The lowest BCUT2D eigenvalue weighted by Gasteiger charge is -2.13. The monoisotopic (exact) mass is 265 g/mol. The Morgan fingerprint density at radius 1 is 0.947 bits per heavy atom. The molecule has 19 heavy (non-hydrogen) atoms. The third-order valence-corrected chi connectivity index (χ3v) is 3.08. The maximum atomic E-state index is 5.90. The molecule has 0 aliphatic heterocycles. The van der Waals surface area contributed by atoms with Crippen LogP contribution in [0.1, 0.15) is 29.5 Å². The maximum Gasteiger partial charge on any atom is 0.125 e. The number of unbranched alkanes of at least 4 members (excludes halogenated alkanes) is 1. The Kier molecular flexibility index (Phi) is 7.53. The van der Waals surface area contributed by atoms with Crippen LogP contribution in [0.5, 0.6) is 5.75 Å². The summed E-state index contributed by atoms with van der Waals surface area (Å²) in [6.45, 7) is 9.86. The van der Waals surface area contributed by atoms with Gasteiger partial charge in [0.05, 0.1) is 13.2 Å². The van der Waals surface area contributed by atoms with Crippen molar-refractivity contribution in [1.82, 2.24) is 5.32 Å². The number of rotatable bonds is 9. The average molecular weight is 265 g/mol. The molecule has 0 spiro atoms. The van der Waals surface area contributed by atoms with E-state index in [-0.39, 0.29) is 0 Å². The molecule has 0 aliphatic carbocycles. The second kappa shape index (κ2) is 8.94. The molecule has 1 aromatic carbocycles. The SMILES string of the molecule is COCCNCCCCOc1c(C)cc(C)cc1C. The van der Waals surface area contributed by atoms with E-state index in [4.69, 9.17) is 9.47 Å². The molecule has 108 valence electrons. The van der Waals surface area contributed by atoms with Gasteiger partial charge in [0.1, 0.15) is 5.75 Å². The molecule has 0 amide bonds. The zero-order chi connectivity index (χ0) is 14.1. The number of ether oxygens (including phenoxy) is 2. The first-order chi connectivity index (χ1) is 9.15. The van der Waals surface area contributed by atoms with Gasteiger partial charge < -0.3 is 14.8 Å². The third-order valence-electron chi connectivity index (χ3n) is 3.08. The second-order valence-corrected chi connectivity index (χ2v) is 5.03. The van der Waals surface area contributed by atoms with Crippen LogP contribution in [0.25, 0.3) is 0 Å². The predicted octanol–water partition coefficient (Wildman–Crippen LogP) is 3.01. The highest BCUT2D eigenvalue weighted by Crippen LogP contribution is 2.24. The molecule has 0 radical (unpaired) electrons. The zero-order valence-electron chi connectivity index (χ0n) is 12.7. The second-order valence-electron chi connectivity index (χ2n) is 5.03. The van der Waals surface area contributed by atoms with Gasteiger partial charge in [-0.1, -0.05) is 17.7 Å². The lowest BCUT2D eigenvalue weighted by Crippen LogP contribution is -2.20. The fourth-order valence-corrected chi connectivity index (χ4v) is 2.22. The van der Waals surface area contributed by atoms with E-state index in [0.717, 1.165) is 44.9 Å². The van der Waals surface area contributed by atoms with E-state index in [2.05, 4.69) is 38.2 Å². The number of nitrogens with one attached hydrogen (secondary N) is 1. The summed E-state index contributed by atoms with van der Waals surface area (Å²) in [5, 5.41) is 3.33. The van der Waals surface area contributed by atoms with Crippen LogP contribution in [0.2, 0.25) is 0 Å². The first-order valence-electron chi connectivity index (χ1n) is 7.05. The quantitative estimate of drug-likeness (QED) is 0.696. The molecule has 1 N–H and O–H groups in total. The minimum Gasteiger partial charge on any atom is -0.493 e. The normalized spacial score (nSPS) is 10.7. The van der Waals surface area contributed by atoms with Crippen LogP contribution in [0, 0.1) is 20.8 Å². The molecule has 0 fully saturated rings. The Hall–Kier alpha value is -1.06. The van der Waals surface area contributed by atoms with Crippen LogP contribution in [0.4, 0.5) is 0 Å². The molecule has 1 aromatic rings. The molecule has 3 nitrogen and oxygen atoms in total. The Morgan fingerprint density at radius 3 is 2.26 bits per heavy atom. The molecule has 0 aromatic heterocycles. The Morgan fingerprint density at radius 2 is 1.63 bits per heavy atom. The maximum absolute atomic E-state index is 5.90. The van der Waals surface area contributed by atoms with E-state index < -0.39 is 0 Å². The van der Waals surface area contributed by atoms with Crippen LogP contribution in [-0.2, 0) is 4.74 Å². The Bertz CT molecular complexity index is 354. The van der Waals surface area contributed by atoms with Crippen molar-refractivity contribution in [2.24, 2.45) is 0 Å². The van der Waals surface area contributed by atoms with E-state index in [1.54, 1.807) is 7.11 Å². The molecule has 0 heterocycles. The number of aryl methyl sites for hydroxylation is 3. The summed E-state index contributed by atoms with van der Waals surface area (Å²) in [4.78, 5) is 0. The molecular weight excluding hydrogens is 238 g/mol. The lowest BCUT2D eigenvalue weighted by molar-refractivity contribution is 0.199. The molecular formula is C16H27NO2. The van der Waals surface area contributed by atoms with E-state index in [0.29, 0.717) is 0 Å². The van der Waals surface area contributed by atoms with Crippen LogP contribution in [-0.4, -0.2) is 33.4 Å². The number of hydrogen-bond donors (Lipinski definition) is 1. The fourth-order valence-electron chi connectivity index (χ4n) is 2.22. The molecule has 3 heteroatoms. The lowest BCUT2D eigenvalue weighted by atomic mass is 10.1. The van der Waals surface area contributed by atoms with Crippen molar-refractivity contribution in [3.8, 4) is 5.75 Å². The molecule has 0 saturated carbocycles. The summed E-state index contributed by atoms with van der Waals surface area (Å²) in [5.41, 5.74) is 3.76. The standard InChI is InChI=1S/C16H27NO2/c1-13-11-14(2)16(15(3)12-13)19-9-6-5-7-17-8-10-18-4/h11-12,17H,5-10H2,1-4H3. The summed E-state index contributed by atoms with van der Waals surface area (Å²) >= 11 is 0. The van der Waals surface area contributed by atoms with Gasteiger partial charge in [-0.25, -0.2) is 0 Å². The molecule has 0 unspecified atom stereocenters. The number of benzene rings is 1. The van der Waals surface area contributed by atoms with Crippen LogP contribution >= 0.6 is 0 Å². The van der Waals surface area contributed by atoms with Crippen molar-refractivity contribution in [2.45, 2.75) is 33.6 Å². The number of methoxy groups -OCH3 is 1. The summed E-state index contributed by atoms with van der Waals surface area (Å²) in [6.07, 6.45) is 2.21. The molecule has 1 rings (SSSR count). The molecule has 0 atom stereocenters. The van der Waals surface area contributed by atoms with Crippen molar-refractivity contribution in [1.29, 1.82) is 0 Å². The van der Waals surface area contributed by atoms with E-state index >= 15 is 0 Å².